The van der Waals surface area contributed by atoms with E-state index in [1.54, 1.807) is 0 Å². The molecular weight excluding hydrogens is 432 g/mol. The molecule has 0 aromatic heterocycles. The highest BCUT2D eigenvalue weighted by Gasteiger charge is 2.29. The van der Waals surface area contributed by atoms with Gasteiger partial charge in [0.05, 0.1) is 16.6 Å². The molecule has 0 fully saturated rings. The Balaban J connectivity index is 0.00000187. The summed E-state index contributed by atoms with van der Waals surface area (Å²) in [6, 6.07) is 14.5. The molecule has 33 heavy (non-hydrogen) atoms. The van der Waals surface area contributed by atoms with Gasteiger partial charge < -0.3 is 10.4 Å². The molecule has 0 amide bonds. The maximum absolute atomic E-state index is 13.2. The van der Waals surface area contributed by atoms with E-state index < -0.39 is 17.0 Å². The molecule has 0 spiro atoms. The monoisotopic (exact) mass is 472 g/mol. The fourth-order valence-corrected chi connectivity index (χ4v) is 5.52. The molecule has 5 nitrogen and oxygen atoms in total. The summed E-state index contributed by atoms with van der Waals surface area (Å²) < 4.78 is 15.1. The lowest BCUT2D eigenvalue weighted by molar-refractivity contribution is -0.137. The number of aryl methyl sites for hydroxylation is 1. The van der Waals surface area contributed by atoms with Crippen LogP contribution in [0, 0.1) is 6.92 Å². The maximum atomic E-state index is 13.2. The summed E-state index contributed by atoms with van der Waals surface area (Å²) >= 11 is 0. The van der Waals surface area contributed by atoms with Gasteiger partial charge in [0.15, 0.2) is 11.0 Å². The predicted octanol–water partition coefficient (Wildman–Crippen LogP) is 6.38. The molecule has 0 aliphatic carbocycles. The van der Waals surface area contributed by atoms with E-state index in [9.17, 15) is 9.00 Å². The molecule has 182 valence electrons. The molecule has 1 aliphatic heterocycles. The van der Waals surface area contributed by atoms with Crippen LogP contribution in [0.25, 0.3) is 0 Å². The van der Waals surface area contributed by atoms with Crippen LogP contribution in [0.2, 0.25) is 0 Å². The third kappa shape index (κ3) is 7.68. The molecule has 2 unspecified atom stereocenters. The van der Waals surface area contributed by atoms with Crippen LogP contribution in [-0.4, -0.2) is 28.9 Å². The minimum atomic E-state index is -1.23. The molecule has 6 heteroatoms. The fourth-order valence-electron chi connectivity index (χ4n) is 4.21. The van der Waals surface area contributed by atoms with Crippen LogP contribution in [-0.2, 0) is 15.8 Å². The number of rotatable bonds is 11. The third-order valence-electron chi connectivity index (χ3n) is 5.92. The van der Waals surface area contributed by atoms with E-state index >= 15 is 0 Å². The van der Waals surface area contributed by atoms with Crippen molar-refractivity contribution in [1.82, 2.24) is 5.32 Å². The number of para-hydroxylation sites is 1. The average Bonchev–Trinajstić information content (AvgIpc) is 2.90. The normalized spacial score (nSPS) is 16.8. The number of fused-ring (bicyclic) bond motifs is 2. The van der Waals surface area contributed by atoms with E-state index in [-0.39, 0.29) is 12.5 Å². The Kier molecular flexibility index (Phi) is 11.6. The number of carbonyl (C=O) groups is 1. The molecule has 2 N–H and O–H groups in total. The maximum Gasteiger partial charge on any atom is 0.303 e. The standard InChI is InChI=1S/C25H34N2O3S.C2H6/c1-19-15-16-21-23(18-19)31(30)27(2)22-13-10-9-12-20(22)25(21)26-17-11-7-5-3-4-6-8-14-24(28)29;1-2/h9-10,12-13,15-16,18,25-26H,3-8,11,14,17H2,1-2H3,(H,28,29);1-2H3. The molecule has 1 aliphatic rings. The number of hydrogen-bond donors (Lipinski definition) is 2. The molecule has 2 aromatic rings. The summed E-state index contributed by atoms with van der Waals surface area (Å²) in [7, 11) is 0.672. The number of benzene rings is 2. The highest BCUT2D eigenvalue weighted by atomic mass is 32.2. The minimum absolute atomic E-state index is 0.0247. The highest BCUT2D eigenvalue weighted by Crippen LogP contribution is 2.38. The van der Waals surface area contributed by atoms with Gasteiger partial charge in [0.1, 0.15) is 0 Å². The predicted molar refractivity (Wildman–Crippen MR) is 138 cm³/mol. The van der Waals surface area contributed by atoms with E-state index in [4.69, 9.17) is 5.11 Å². The zero-order valence-corrected chi connectivity index (χ0v) is 21.4. The van der Waals surface area contributed by atoms with Crippen molar-refractivity contribution in [2.24, 2.45) is 0 Å². The number of unbranched alkanes of at least 4 members (excludes halogenated alkanes) is 6. The second kappa shape index (κ2) is 14.2. The van der Waals surface area contributed by atoms with Gasteiger partial charge in [-0.05, 0) is 55.1 Å². The van der Waals surface area contributed by atoms with Crippen LogP contribution in [0.15, 0.2) is 47.4 Å². The van der Waals surface area contributed by atoms with Crippen LogP contribution >= 0.6 is 0 Å². The van der Waals surface area contributed by atoms with E-state index in [2.05, 4.69) is 23.5 Å². The summed E-state index contributed by atoms with van der Waals surface area (Å²) in [5.74, 6) is -0.696. The van der Waals surface area contributed by atoms with Gasteiger partial charge >= 0.3 is 5.97 Å². The van der Waals surface area contributed by atoms with Crippen molar-refractivity contribution in [2.75, 3.05) is 17.9 Å². The van der Waals surface area contributed by atoms with E-state index in [1.807, 2.05) is 56.4 Å². The summed E-state index contributed by atoms with van der Waals surface area (Å²) in [5.41, 5.74) is 4.39. The molecule has 3 rings (SSSR count). The number of carboxylic acid groups (broad SMARTS) is 1. The zero-order chi connectivity index (χ0) is 24.2. The van der Waals surface area contributed by atoms with Gasteiger partial charge in [0, 0.05) is 13.5 Å². The van der Waals surface area contributed by atoms with Crippen LogP contribution in [0.3, 0.4) is 0 Å². The number of nitrogens with one attached hydrogen (secondary N) is 1. The van der Waals surface area contributed by atoms with Crippen molar-refractivity contribution < 1.29 is 14.1 Å². The van der Waals surface area contributed by atoms with Crippen LogP contribution in [0.1, 0.15) is 87.9 Å². The van der Waals surface area contributed by atoms with Crippen molar-refractivity contribution in [3.63, 3.8) is 0 Å². The van der Waals surface area contributed by atoms with Crippen molar-refractivity contribution >= 4 is 22.6 Å². The van der Waals surface area contributed by atoms with Crippen molar-refractivity contribution in [2.45, 2.75) is 83.1 Å². The second-order valence-electron chi connectivity index (χ2n) is 8.35. The summed E-state index contributed by atoms with van der Waals surface area (Å²) in [6.07, 6.45) is 7.78. The third-order valence-corrected chi connectivity index (χ3v) is 7.34. The average molecular weight is 473 g/mol. The summed E-state index contributed by atoms with van der Waals surface area (Å²) in [5, 5.41) is 12.4. The van der Waals surface area contributed by atoms with Crippen molar-refractivity contribution in [3.8, 4) is 0 Å². The lowest BCUT2D eigenvalue weighted by Gasteiger charge is -2.22. The molecule has 0 radical (unpaired) electrons. The lowest BCUT2D eigenvalue weighted by atomic mass is 9.96. The van der Waals surface area contributed by atoms with Gasteiger partial charge in [0.25, 0.3) is 0 Å². The van der Waals surface area contributed by atoms with Crippen molar-refractivity contribution in [3.05, 3.63) is 59.2 Å². The number of carboxylic acids is 1. The SMILES string of the molecule is CC.Cc1ccc2c(c1)S(=O)N(C)c1ccccc1C2NCCCCCCCCCC(=O)O. The number of anilines is 1. The van der Waals surface area contributed by atoms with Gasteiger partial charge in [-0.1, -0.05) is 76.3 Å². The molecule has 0 saturated carbocycles. The van der Waals surface area contributed by atoms with Gasteiger partial charge in [-0.2, -0.15) is 0 Å². The van der Waals surface area contributed by atoms with E-state index in [1.165, 1.54) is 12.0 Å². The first-order valence-corrected chi connectivity index (χ1v) is 13.4. The first kappa shape index (κ1) is 27.1. The van der Waals surface area contributed by atoms with Crippen LogP contribution in [0.4, 0.5) is 5.69 Å². The Hall–Kier alpha value is -2.18. The number of hydrogen-bond acceptors (Lipinski definition) is 3. The van der Waals surface area contributed by atoms with Gasteiger partial charge in [0.2, 0.25) is 0 Å². The van der Waals surface area contributed by atoms with E-state index in [0.29, 0.717) is 0 Å². The lowest BCUT2D eigenvalue weighted by Crippen LogP contribution is -2.24. The summed E-state index contributed by atoms with van der Waals surface area (Å²) in [4.78, 5) is 11.4. The van der Waals surface area contributed by atoms with Crippen molar-refractivity contribution in [1.29, 1.82) is 0 Å². The van der Waals surface area contributed by atoms with Gasteiger partial charge in [-0.3, -0.25) is 9.10 Å². The smallest absolute Gasteiger partial charge is 0.303 e. The first-order chi connectivity index (χ1) is 16.0. The largest absolute Gasteiger partial charge is 0.481 e. The Morgan fingerprint density at radius 3 is 2.30 bits per heavy atom. The Morgan fingerprint density at radius 2 is 1.61 bits per heavy atom. The van der Waals surface area contributed by atoms with Gasteiger partial charge in [-0.15, -0.1) is 0 Å². The summed E-state index contributed by atoms with van der Waals surface area (Å²) in [6.45, 7) is 6.95. The zero-order valence-electron chi connectivity index (χ0n) is 20.6. The molecule has 2 atom stereocenters. The van der Waals surface area contributed by atoms with E-state index in [0.717, 1.165) is 66.8 Å². The molecular formula is C27H40N2O3S. The Morgan fingerprint density at radius 1 is 0.970 bits per heavy atom. The molecule has 2 aromatic carbocycles. The Bertz CT molecular complexity index is 916. The molecule has 0 saturated heterocycles. The molecule has 1 heterocycles. The van der Waals surface area contributed by atoms with Crippen LogP contribution < -0.4 is 9.62 Å². The van der Waals surface area contributed by atoms with Crippen LogP contribution in [0.5, 0.6) is 0 Å². The minimum Gasteiger partial charge on any atom is -0.481 e. The fraction of sp³-hybridized carbons (Fsp3) is 0.519. The topological polar surface area (TPSA) is 69.6 Å². The first-order valence-electron chi connectivity index (χ1n) is 12.3. The number of nitrogens with zero attached hydrogens (tertiary/aromatic N) is 1. The quantitative estimate of drug-likeness (QED) is 0.372. The number of aliphatic carboxylic acids is 1. The molecule has 0 bridgehead atoms. The highest BCUT2D eigenvalue weighted by molar-refractivity contribution is 7.86. The van der Waals surface area contributed by atoms with Gasteiger partial charge in [-0.25, -0.2) is 4.21 Å². The Labute approximate surface area is 202 Å². The second-order valence-corrected chi connectivity index (χ2v) is 9.84.